The number of hydrogen-bond acceptors (Lipinski definition) is 7. The lowest BCUT2D eigenvalue weighted by Gasteiger charge is -2.27. The number of benzene rings is 2. The van der Waals surface area contributed by atoms with Crippen LogP contribution in [0.2, 0.25) is 5.02 Å². The van der Waals surface area contributed by atoms with Crippen molar-refractivity contribution in [3.8, 4) is 0 Å². The normalized spacial score (nSPS) is 14.7. The van der Waals surface area contributed by atoms with Crippen LogP contribution in [-0.4, -0.2) is 60.1 Å². The van der Waals surface area contributed by atoms with Crippen LogP contribution >= 0.6 is 22.9 Å². The number of hydrogen-bond donors (Lipinski definition) is 0. The number of carbonyl (C=O) groups is 1. The van der Waals surface area contributed by atoms with Crippen LogP contribution in [0.25, 0.3) is 16.3 Å². The van der Waals surface area contributed by atoms with Gasteiger partial charge in [0.2, 0.25) is 0 Å². The zero-order valence-corrected chi connectivity index (χ0v) is 19.4. The van der Waals surface area contributed by atoms with Crippen LogP contribution in [0, 0.1) is 10.1 Å². The Morgan fingerprint density at radius 1 is 1.27 bits per heavy atom. The Kier molecular flexibility index (Phi) is 7.66. The number of nitro benzene ring substituents is 1. The molecule has 0 unspecified atom stereocenters. The minimum absolute atomic E-state index is 0.0185. The molecule has 0 saturated carbocycles. The van der Waals surface area contributed by atoms with Crippen LogP contribution in [0.4, 0.5) is 10.8 Å². The molecule has 4 rings (SSSR count). The minimum Gasteiger partial charge on any atom is -0.379 e. The SMILES string of the molecule is O=C(/C=C/c1cccc([N+](=O)[O-])c1)N(CCCN1CCOCC1)c1nc2ccc(Cl)cc2s1. The molecule has 0 aliphatic carbocycles. The van der Waals surface area contributed by atoms with Crippen molar-refractivity contribution in [3.63, 3.8) is 0 Å². The number of amides is 1. The predicted octanol–water partition coefficient (Wildman–Crippen LogP) is 4.63. The monoisotopic (exact) mass is 486 g/mol. The van der Waals surface area contributed by atoms with Gasteiger partial charge in [0.05, 0.1) is 28.4 Å². The van der Waals surface area contributed by atoms with E-state index in [0.29, 0.717) is 22.3 Å². The van der Waals surface area contributed by atoms with Crippen molar-refractivity contribution in [2.45, 2.75) is 6.42 Å². The van der Waals surface area contributed by atoms with Gasteiger partial charge >= 0.3 is 0 Å². The van der Waals surface area contributed by atoms with Crippen LogP contribution in [0.3, 0.4) is 0 Å². The summed E-state index contributed by atoms with van der Waals surface area (Å²) in [5.41, 5.74) is 1.35. The molecular weight excluding hydrogens is 464 g/mol. The smallest absolute Gasteiger partial charge is 0.270 e. The highest BCUT2D eigenvalue weighted by molar-refractivity contribution is 7.22. The van der Waals surface area contributed by atoms with E-state index in [0.717, 1.165) is 49.5 Å². The number of ether oxygens (including phenoxy) is 1. The van der Waals surface area contributed by atoms with Crippen molar-refractivity contribution in [3.05, 3.63) is 69.2 Å². The Morgan fingerprint density at radius 2 is 2.09 bits per heavy atom. The number of non-ortho nitro benzene ring substituents is 1. The van der Waals surface area contributed by atoms with Gasteiger partial charge in [-0.15, -0.1) is 0 Å². The summed E-state index contributed by atoms with van der Waals surface area (Å²) < 4.78 is 6.31. The molecule has 0 radical (unpaired) electrons. The molecule has 1 amide bonds. The van der Waals surface area contributed by atoms with Crippen LogP contribution in [-0.2, 0) is 9.53 Å². The second-order valence-electron chi connectivity index (χ2n) is 7.59. The van der Waals surface area contributed by atoms with Crippen LogP contribution < -0.4 is 4.90 Å². The molecule has 2 aromatic carbocycles. The van der Waals surface area contributed by atoms with Gasteiger partial charge in [0.1, 0.15) is 0 Å². The number of thiazole rings is 1. The van der Waals surface area contributed by atoms with Crippen molar-refractivity contribution < 1.29 is 14.5 Å². The maximum Gasteiger partial charge on any atom is 0.270 e. The highest BCUT2D eigenvalue weighted by atomic mass is 35.5. The predicted molar refractivity (Wildman–Crippen MR) is 131 cm³/mol. The van der Waals surface area contributed by atoms with Crippen LogP contribution in [0.1, 0.15) is 12.0 Å². The quantitative estimate of drug-likeness (QED) is 0.262. The van der Waals surface area contributed by atoms with Gasteiger partial charge in [0.25, 0.3) is 11.6 Å². The van der Waals surface area contributed by atoms with E-state index in [1.54, 1.807) is 29.2 Å². The van der Waals surface area contributed by atoms with E-state index in [2.05, 4.69) is 9.88 Å². The zero-order chi connectivity index (χ0) is 23.2. The van der Waals surface area contributed by atoms with Gasteiger partial charge in [0.15, 0.2) is 5.13 Å². The summed E-state index contributed by atoms with van der Waals surface area (Å²) in [6.45, 7) is 4.60. The molecule has 10 heteroatoms. The molecule has 2 heterocycles. The summed E-state index contributed by atoms with van der Waals surface area (Å²) in [6, 6.07) is 11.6. The van der Waals surface area contributed by atoms with Gasteiger partial charge in [-0.05, 0) is 36.3 Å². The largest absolute Gasteiger partial charge is 0.379 e. The summed E-state index contributed by atoms with van der Waals surface area (Å²) in [5.74, 6) is -0.228. The fourth-order valence-corrected chi connectivity index (χ4v) is 4.85. The summed E-state index contributed by atoms with van der Waals surface area (Å²) in [7, 11) is 0. The Labute approximate surface area is 200 Å². The molecule has 33 heavy (non-hydrogen) atoms. The summed E-state index contributed by atoms with van der Waals surface area (Å²) in [4.78, 5) is 32.4. The third-order valence-electron chi connectivity index (χ3n) is 5.30. The fourth-order valence-electron chi connectivity index (χ4n) is 3.58. The Morgan fingerprint density at radius 3 is 2.88 bits per heavy atom. The van der Waals surface area contributed by atoms with Gasteiger partial charge in [-0.3, -0.25) is 24.7 Å². The molecule has 3 aromatic rings. The van der Waals surface area contributed by atoms with Crippen molar-refractivity contribution in [2.75, 3.05) is 44.3 Å². The van der Waals surface area contributed by atoms with E-state index in [-0.39, 0.29) is 11.6 Å². The molecule has 0 N–H and O–H groups in total. The number of nitrogens with zero attached hydrogens (tertiary/aromatic N) is 4. The van der Waals surface area contributed by atoms with E-state index >= 15 is 0 Å². The Hall–Kier alpha value is -2.85. The lowest BCUT2D eigenvalue weighted by atomic mass is 10.2. The summed E-state index contributed by atoms with van der Waals surface area (Å²) in [5, 5.41) is 12.2. The van der Waals surface area contributed by atoms with Crippen molar-refractivity contribution >= 4 is 56.0 Å². The number of halogens is 1. The van der Waals surface area contributed by atoms with E-state index in [1.165, 1.54) is 29.5 Å². The van der Waals surface area contributed by atoms with E-state index in [9.17, 15) is 14.9 Å². The maximum atomic E-state index is 13.2. The third kappa shape index (κ3) is 6.14. The third-order valence-corrected chi connectivity index (χ3v) is 6.57. The minimum atomic E-state index is -0.455. The van der Waals surface area contributed by atoms with E-state index in [1.807, 2.05) is 12.1 Å². The Balaban J connectivity index is 1.53. The van der Waals surface area contributed by atoms with E-state index in [4.69, 9.17) is 16.3 Å². The maximum absolute atomic E-state index is 13.2. The molecule has 1 aromatic heterocycles. The first-order valence-corrected chi connectivity index (χ1v) is 11.8. The molecule has 1 aliphatic heterocycles. The van der Waals surface area contributed by atoms with Crippen molar-refractivity contribution in [1.29, 1.82) is 0 Å². The summed E-state index contributed by atoms with van der Waals surface area (Å²) in [6.07, 6.45) is 3.81. The highest BCUT2D eigenvalue weighted by Gasteiger charge is 2.19. The highest BCUT2D eigenvalue weighted by Crippen LogP contribution is 2.31. The first kappa shape index (κ1) is 23.3. The zero-order valence-electron chi connectivity index (χ0n) is 17.9. The number of carbonyl (C=O) groups excluding carboxylic acids is 1. The van der Waals surface area contributed by atoms with Gasteiger partial charge in [-0.2, -0.15) is 0 Å². The number of morpholine rings is 1. The molecule has 0 spiro atoms. The number of rotatable bonds is 8. The first-order chi connectivity index (χ1) is 16.0. The molecule has 1 fully saturated rings. The van der Waals surface area contributed by atoms with Gasteiger partial charge < -0.3 is 4.74 Å². The van der Waals surface area contributed by atoms with Crippen molar-refractivity contribution in [2.24, 2.45) is 0 Å². The number of anilines is 1. The number of nitro groups is 1. The second kappa shape index (κ2) is 10.8. The molecular formula is C23H23ClN4O4S. The second-order valence-corrected chi connectivity index (χ2v) is 9.04. The Bertz CT molecular complexity index is 1180. The molecule has 1 saturated heterocycles. The molecule has 1 aliphatic rings. The van der Waals surface area contributed by atoms with Crippen LogP contribution in [0.15, 0.2) is 48.5 Å². The molecule has 0 atom stereocenters. The first-order valence-electron chi connectivity index (χ1n) is 10.6. The van der Waals surface area contributed by atoms with Crippen molar-refractivity contribution in [1.82, 2.24) is 9.88 Å². The van der Waals surface area contributed by atoms with Crippen LogP contribution in [0.5, 0.6) is 0 Å². The lowest BCUT2D eigenvalue weighted by Crippen LogP contribution is -2.39. The average molecular weight is 487 g/mol. The van der Waals surface area contributed by atoms with Gasteiger partial charge in [-0.25, -0.2) is 4.98 Å². The molecule has 8 nitrogen and oxygen atoms in total. The average Bonchev–Trinajstić information content (AvgIpc) is 3.24. The summed E-state index contributed by atoms with van der Waals surface area (Å²) >= 11 is 7.53. The fraction of sp³-hybridized carbons (Fsp3) is 0.304. The van der Waals surface area contributed by atoms with Gasteiger partial charge in [0, 0.05) is 49.4 Å². The lowest BCUT2D eigenvalue weighted by molar-refractivity contribution is -0.384. The molecule has 172 valence electrons. The molecule has 0 bridgehead atoms. The van der Waals surface area contributed by atoms with E-state index < -0.39 is 4.92 Å². The standard InChI is InChI=1S/C23H23ClN4O4S/c24-18-6-7-20-21(16-18)33-23(25-20)27(10-2-9-26-11-13-32-14-12-26)22(29)8-5-17-3-1-4-19(15-17)28(30)31/h1,3-8,15-16H,2,9-14H2/b8-5+. The van der Waals surface area contributed by atoms with Gasteiger partial charge in [-0.1, -0.05) is 35.1 Å². The number of fused-ring (bicyclic) bond motifs is 1. The topological polar surface area (TPSA) is 88.8 Å². The number of aromatic nitrogens is 1.